The van der Waals surface area contributed by atoms with Gasteiger partial charge >= 0.3 is 0 Å². The summed E-state index contributed by atoms with van der Waals surface area (Å²) in [7, 11) is 0. The van der Waals surface area contributed by atoms with Crippen LogP contribution < -0.4 is 4.90 Å². The maximum atomic E-state index is 12.2. The second-order valence-corrected chi connectivity index (χ2v) is 5.80. The van der Waals surface area contributed by atoms with Crippen molar-refractivity contribution in [2.75, 3.05) is 4.90 Å². The first-order valence-corrected chi connectivity index (χ1v) is 7.56. The fraction of sp³-hybridized carbons (Fsp3) is 0.167. The van der Waals surface area contributed by atoms with Crippen LogP contribution in [-0.4, -0.2) is 17.7 Å². The summed E-state index contributed by atoms with van der Waals surface area (Å²) in [5, 5.41) is 9.22. The van der Waals surface area contributed by atoms with Crippen LogP contribution in [-0.2, 0) is 16.0 Å². The molecule has 1 saturated heterocycles. The number of nitriles is 1. The zero-order valence-electron chi connectivity index (χ0n) is 12.2. The lowest BCUT2D eigenvalue weighted by atomic mass is 10.0. The minimum absolute atomic E-state index is 0.0978. The molecule has 1 unspecified atom stereocenters. The third kappa shape index (κ3) is 2.96. The summed E-state index contributed by atoms with van der Waals surface area (Å²) in [4.78, 5) is 26.0. The second-order valence-electron chi connectivity index (χ2n) is 5.39. The summed E-state index contributed by atoms with van der Waals surface area (Å²) < 4.78 is 0. The Hall–Kier alpha value is -2.64. The van der Waals surface area contributed by atoms with Crippen molar-refractivity contribution in [3.63, 3.8) is 0 Å². The highest BCUT2D eigenvalue weighted by atomic mass is 35.5. The fourth-order valence-electron chi connectivity index (χ4n) is 2.78. The normalized spacial score (nSPS) is 17.4. The van der Waals surface area contributed by atoms with E-state index in [0.29, 0.717) is 17.7 Å². The standard InChI is InChI=1S/C18H13ClN2O2/c19-15-9-14(7-6-13(15)11-20)21-16(17(22)10-18(21)23)8-12-4-2-1-3-5-12/h1-7,9,16H,8,10H2. The Balaban J connectivity index is 1.95. The van der Waals surface area contributed by atoms with E-state index in [2.05, 4.69) is 0 Å². The van der Waals surface area contributed by atoms with Crippen molar-refractivity contribution in [2.45, 2.75) is 18.9 Å². The smallest absolute Gasteiger partial charge is 0.235 e. The molecule has 23 heavy (non-hydrogen) atoms. The molecule has 0 radical (unpaired) electrons. The molecular formula is C18H13ClN2O2. The van der Waals surface area contributed by atoms with Gasteiger partial charge in [-0.2, -0.15) is 5.26 Å². The molecule has 0 bridgehead atoms. The van der Waals surface area contributed by atoms with E-state index in [4.69, 9.17) is 16.9 Å². The molecule has 0 aromatic heterocycles. The molecule has 1 fully saturated rings. The Morgan fingerprint density at radius 3 is 2.57 bits per heavy atom. The Morgan fingerprint density at radius 2 is 1.91 bits per heavy atom. The van der Waals surface area contributed by atoms with Gasteiger partial charge in [0.25, 0.3) is 0 Å². The number of hydrogen-bond acceptors (Lipinski definition) is 3. The molecule has 1 atom stereocenters. The van der Waals surface area contributed by atoms with E-state index in [1.165, 1.54) is 4.90 Å². The van der Waals surface area contributed by atoms with Crippen LogP contribution in [0.1, 0.15) is 17.5 Å². The van der Waals surface area contributed by atoms with Crippen molar-refractivity contribution in [3.05, 3.63) is 64.7 Å². The molecular weight excluding hydrogens is 312 g/mol. The van der Waals surface area contributed by atoms with E-state index >= 15 is 0 Å². The quantitative estimate of drug-likeness (QED) is 0.815. The van der Waals surface area contributed by atoms with Gasteiger partial charge in [0.15, 0.2) is 5.78 Å². The highest BCUT2D eigenvalue weighted by Gasteiger charge is 2.39. The van der Waals surface area contributed by atoms with Crippen LogP contribution in [0.2, 0.25) is 5.02 Å². The predicted octanol–water partition coefficient (Wildman–Crippen LogP) is 3.13. The molecule has 1 aliphatic heterocycles. The lowest BCUT2D eigenvalue weighted by Crippen LogP contribution is -2.37. The minimum Gasteiger partial charge on any atom is -0.301 e. The van der Waals surface area contributed by atoms with Gasteiger partial charge in [0, 0.05) is 12.1 Å². The van der Waals surface area contributed by atoms with E-state index in [9.17, 15) is 9.59 Å². The molecule has 1 aliphatic rings. The number of anilines is 1. The summed E-state index contributed by atoms with van der Waals surface area (Å²) in [5.41, 5.74) is 1.88. The molecule has 2 aromatic carbocycles. The highest BCUT2D eigenvalue weighted by molar-refractivity contribution is 6.32. The number of hydrogen-bond donors (Lipinski definition) is 0. The van der Waals surface area contributed by atoms with Crippen molar-refractivity contribution in [2.24, 2.45) is 0 Å². The van der Waals surface area contributed by atoms with Crippen LogP contribution in [0.3, 0.4) is 0 Å². The SMILES string of the molecule is N#Cc1ccc(N2C(=O)CC(=O)C2Cc2ccccc2)cc1Cl. The molecule has 2 aromatic rings. The van der Waals surface area contributed by atoms with Gasteiger partial charge in [0.2, 0.25) is 5.91 Å². The van der Waals surface area contributed by atoms with Gasteiger partial charge < -0.3 is 4.90 Å². The van der Waals surface area contributed by atoms with Crippen molar-refractivity contribution in [1.29, 1.82) is 5.26 Å². The Morgan fingerprint density at radius 1 is 1.17 bits per heavy atom. The minimum atomic E-state index is -0.533. The summed E-state index contributed by atoms with van der Waals surface area (Å²) in [6.45, 7) is 0. The lowest BCUT2D eigenvalue weighted by Gasteiger charge is -2.24. The van der Waals surface area contributed by atoms with Crippen LogP contribution in [0.15, 0.2) is 48.5 Å². The number of rotatable bonds is 3. The third-order valence-corrected chi connectivity index (χ3v) is 4.21. The number of benzene rings is 2. The maximum absolute atomic E-state index is 12.2. The Kier molecular flexibility index (Phi) is 4.14. The van der Waals surface area contributed by atoms with Crippen molar-refractivity contribution >= 4 is 29.0 Å². The molecule has 114 valence electrons. The topological polar surface area (TPSA) is 61.2 Å². The van der Waals surface area contributed by atoms with Gasteiger partial charge in [0.05, 0.1) is 23.0 Å². The van der Waals surface area contributed by atoms with Crippen LogP contribution in [0, 0.1) is 11.3 Å². The number of amides is 1. The number of halogens is 1. The molecule has 0 aliphatic carbocycles. The maximum Gasteiger partial charge on any atom is 0.235 e. The summed E-state index contributed by atoms with van der Waals surface area (Å²) >= 11 is 6.05. The van der Waals surface area contributed by atoms with E-state index in [1.807, 2.05) is 36.4 Å². The van der Waals surface area contributed by atoms with E-state index in [1.54, 1.807) is 18.2 Å². The van der Waals surface area contributed by atoms with Crippen LogP contribution in [0.4, 0.5) is 5.69 Å². The molecule has 1 heterocycles. The molecule has 0 N–H and O–H groups in total. The van der Waals surface area contributed by atoms with Crippen LogP contribution >= 0.6 is 11.6 Å². The molecule has 0 spiro atoms. The fourth-order valence-corrected chi connectivity index (χ4v) is 3.00. The Labute approximate surface area is 138 Å². The monoisotopic (exact) mass is 324 g/mol. The highest BCUT2D eigenvalue weighted by Crippen LogP contribution is 2.30. The molecule has 0 saturated carbocycles. The van der Waals surface area contributed by atoms with Crippen molar-refractivity contribution in [3.8, 4) is 6.07 Å². The largest absolute Gasteiger partial charge is 0.301 e. The van der Waals surface area contributed by atoms with Gasteiger partial charge in [-0.15, -0.1) is 0 Å². The number of carbonyl (C=O) groups is 2. The van der Waals surface area contributed by atoms with Crippen LogP contribution in [0.25, 0.3) is 0 Å². The first-order valence-electron chi connectivity index (χ1n) is 7.18. The van der Waals surface area contributed by atoms with Gasteiger partial charge in [0.1, 0.15) is 6.07 Å². The molecule has 4 nitrogen and oxygen atoms in total. The van der Waals surface area contributed by atoms with Gasteiger partial charge in [-0.1, -0.05) is 41.9 Å². The molecule has 5 heteroatoms. The number of Topliss-reactive ketones (excluding diaryl/α,β-unsaturated/α-hetero) is 1. The first-order chi connectivity index (χ1) is 11.1. The van der Waals surface area contributed by atoms with E-state index < -0.39 is 6.04 Å². The molecule has 3 rings (SSSR count). The zero-order chi connectivity index (χ0) is 16.4. The van der Waals surface area contributed by atoms with Crippen LogP contribution in [0.5, 0.6) is 0 Å². The second kappa shape index (κ2) is 6.23. The number of nitrogens with zero attached hydrogens (tertiary/aromatic N) is 2. The summed E-state index contributed by atoms with van der Waals surface area (Å²) in [6.07, 6.45) is 0.359. The van der Waals surface area contributed by atoms with Gasteiger partial charge in [-0.05, 0) is 23.8 Å². The average Bonchev–Trinajstić information content (AvgIpc) is 2.82. The lowest BCUT2D eigenvalue weighted by molar-refractivity contribution is -0.121. The average molecular weight is 325 g/mol. The van der Waals surface area contributed by atoms with Gasteiger partial charge in [-0.25, -0.2) is 0 Å². The third-order valence-electron chi connectivity index (χ3n) is 3.90. The van der Waals surface area contributed by atoms with Gasteiger partial charge in [-0.3, -0.25) is 9.59 Å². The summed E-state index contributed by atoms with van der Waals surface area (Å²) in [5.74, 6) is -0.337. The zero-order valence-corrected chi connectivity index (χ0v) is 13.0. The summed E-state index contributed by atoms with van der Waals surface area (Å²) in [6, 6.07) is 15.8. The number of ketones is 1. The first kappa shape index (κ1) is 15.3. The predicted molar refractivity (Wildman–Crippen MR) is 87.2 cm³/mol. The molecule has 1 amide bonds. The van der Waals surface area contributed by atoms with Crippen molar-refractivity contribution < 1.29 is 9.59 Å². The van der Waals surface area contributed by atoms with Crippen molar-refractivity contribution in [1.82, 2.24) is 0 Å². The Bertz CT molecular complexity index is 812. The van der Waals surface area contributed by atoms with E-state index in [-0.39, 0.29) is 23.1 Å². The van der Waals surface area contributed by atoms with E-state index in [0.717, 1.165) is 5.56 Å². The number of carbonyl (C=O) groups excluding carboxylic acids is 2.